The summed E-state index contributed by atoms with van der Waals surface area (Å²) in [6.45, 7) is 6.23. The predicted molar refractivity (Wildman–Crippen MR) is 92.6 cm³/mol. The molecule has 0 saturated carbocycles. The molecule has 1 atom stereocenters. The lowest BCUT2D eigenvalue weighted by Gasteiger charge is -2.32. The van der Waals surface area contributed by atoms with Crippen molar-refractivity contribution in [1.29, 1.82) is 0 Å². The van der Waals surface area contributed by atoms with E-state index in [2.05, 4.69) is 39.4 Å². The highest BCUT2D eigenvalue weighted by Gasteiger charge is 2.25. The predicted octanol–water partition coefficient (Wildman–Crippen LogP) is 3.18. The van der Waals surface area contributed by atoms with Gasteiger partial charge in [-0.1, -0.05) is 19.8 Å². The van der Waals surface area contributed by atoms with Crippen molar-refractivity contribution in [1.82, 2.24) is 20.3 Å². The number of nitrogens with one attached hydrogen (secondary N) is 2. The molecule has 23 heavy (non-hydrogen) atoms. The van der Waals surface area contributed by atoms with Crippen LogP contribution in [0.1, 0.15) is 40.0 Å². The molecule has 6 nitrogen and oxygen atoms in total. The number of hydrogen-bond acceptors (Lipinski definition) is 5. The molecule has 0 radical (unpaired) electrons. The second-order valence-electron chi connectivity index (χ2n) is 5.91. The van der Waals surface area contributed by atoms with Crippen LogP contribution in [0.25, 0.3) is 11.0 Å². The van der Waals surface area contributed by atoms with Crippen molar-refractivity contribution in [2.75, 3.05) is 11.9 Å². The van der Waals surface area contributed by atoms with E-state index >= 15 is 0 Å². The van der Waals surface area contributed by atoms with Crippen molar-refractivity contribution in [2.45, 2.75) is 45.6 Å². The molecular weight excluding hydrogens is 314 g/mol. The minimum Gasteiger partial charge on any atom is -0.362 e. The minimum absolute atomic E-state index is 0.0539. The quantitative estimate of drug-likeness (QED) is 0.760. The summed E-state index contributed by atoms with van der Waals surface area (Å²) in [5.41, 5.74) is 0.217. The number of amides is 1. The number of carbonyl (C=O) groups is 1. The number of hydrogen-bond donors (Lipinski definition) is 2. The standard InChI is InChI=1S/C16H22ClN5O/c1-4-5-8-16(3,10-19-11(2)23)22-14-12-7-6-9-18-13(12)20-15(17)21-14/h6-7,9H,4-5,8,10H2,1-3H3,(H,19,23)(H,18,20,21,22). The second kappa shape index (κ2) is 7.55. The molecular formula is C16H22ClN5O. The fourth-order valence-corrected chi connectivity index (χ4v) is 2.56. The lowest BCUT2D eigenvalue weighted by atomic mass is 9.94. The van der Waals surface area contributed by atoms with Gasteiger partial charge in [0.15, 0.2) is 5.65 Å². The molecule has 1 amide bonds. The topological polar surface area (TPSA) is 79.8 Å². The Morgan fingerprint density at radius 1 is 1.39 bits per heavy atom. The molecule has 2 heterocycles. The van der Waals surface area contributed by atoms with Gasteiger partial charge < -0.3 is 10.6 Å². The Morgan fingerprint density at radius 3 is 2.87 bits per heavy atom. The summed E-state index contributed by atoms with van der Waals surface area (Å²) in [5, 5.41) is 7.28. The van der Waals surface area contributed by atoms with E-state index in [0.29, 0.717) is 18.0 Å². The molecule has 2 aromatic heterocycles. The highest BCUT2D eigenvalue weighted by Crippen LogP contribution is 2.25. The first kappa shape index (κ1) is 17.4. The molecule has 0 aliphatic heterocycles. The number of carbonyl (C=O) groups excluding carboxylic acids is 1. The molecule has 2 N–H and O–H groups in total. The molecule has 1 unspecified atom stereocenters. The number of fused-ring (bicyclic) bond motifs is 1. The SMILES string of the molecule is CCCCC(C)(CNC(C)=O)Nc1nc(Cl)nc2ncccc12. The van der Waals surface area contributed by atoms with Gasteiger partial charge in [-0.05, 0) is 37.1 Å². The summed E-state index contributed by atoms with van der Waals surface area (Å²) in [5.74, 6) is 0.582. The van der Waals surface area contributed by atoms with E-state index in [-0.39, 0.29) is 16.7 Å². The van der Waals surface area contributed by atoms with Gasteiger partial charge in [-0.15, -0.1) is 0 Å². The lowest BCUT2D eigenvalue weighted by molar-refractivity contribution is -0.119. The zero-order chi connectivity index (χ0) is 16.9. The average molecular weight is 336 g/mol. The molecule has 2 aromatic rings. The van der Waals surface area contributed by atoms with Crippen LogP contribution >= 0.6 is 11.6 Å². The van der Waals surface area contributed by atoms with Crippen LogP contribution in [0, 0.1) is 0 Å². The molecule has 2 rings (SSSR count). The van der Waals surface area contributed by atoms with Crippen molar-refractivity contribution >= 4 is 34.4 Å². The van der Waals surface area contributed by atoms with E-state index in [1.807, 2.05) is 12.1 Å². The number of nitrogens with zero attached hydrogens (tertiary/aromatic N) is 3. The Morgan fingerprint density at radius 2 is 2.17 bits per heavy atom. The second-order valence-corrected chi connectivity index (χ2v) is 6.25. The van der Waals surface area contributed by atoms with E-state index in [1.165, 1.54) is 6.92 Å². The van der Waals surface area contributed by atoms with E-state index < -0.39 is 0 Å². The number of unbranched alkanes of at least 4 members (excludes halogenated alkanes) is 1. The van der Waals surface area contributed by atoms with Crippen molar-refractivity contribution in [3.8, 4) is 0 Å². The Balaban J connectivity index is 2.33. The highest BCUT2D eigenvalue weighted by atomic mass is 35.5. The van der Waals surface area contributed by atoms with Crippen LogP contribution in [-0.4, -0.2) is 32.9 Å². The average Bonchev–Trinajstić information content (AvgIpc) is 2.51. The van der Waals surface area contributed by atoms with E-state index in [0.717, 1.165) is 24.6 Å². The van der Waals surface area contributed by atoms with Gasteiger partial charge in [0.2, 0.25) is 11.2 Å². The van der Waals surface area contributed by atoms with Crippen LogP contribution in [0.5, 0.6) is 0 Å². The van der Waals surface area contributed by atoms with Gasteiger partial charge >= 0.3 is 0 Å². The molecule has 0 aliphatic rings. The minimum atomic E-state index is -0.331. The van der Waals surface area contributed by atoms with E-state index in [4.69, 9.17) is 11.6 Å². The first-order valence-electron chi connectivity index (χ1n) is 7.74. The van der Waals surface area contributed by atoms with Gasteiger partial charge in [-0.2, -0.15) is 4.98 Å². The summed E-state index contributed by atoms with van der Waals surface area (Å²) in [6.07, 6.45) is 4.68. The number of rotatable bonds is 7. The van der Waals surface area contributed by atoms with Crippen molar-refractivity contribution in [3.05, 3.63) is 23.6 Å². The van der Waals surface area contributed by atoms with Crippen molar-refractivity contribution in [2.24, 2.45) is 0 Å². The lowest BCUT2D eigenvalue weighted by Crippen LogP contribution is -2.46. The number of anilines is 1. The molecule has 0 spiro atoms. The van der Waals surface area contributed by atoms with Crippen LogP contribution in [0.15, 0.2) is 18.3 Å². The first-order valence-corrected chi connectivity index (χ1v) is 8.12. The summed E-state index contributed by atoms with van der Waals surface area (Å²) >= 11 is 6.01. The van der Waals surface area contributed by atoms with Crippen LogP contribution in [0.3, 0.4) is 0 Å². The van der Waals surface area contributed by atoms with Gasteiger partial charge in [0.1, 0.15) is 5.82 Å². The van der Waals surface area contributed by atoms with Gasteiger partial charge in [0.05, 0.1) is 10.9 Å². The Bertz CT molecular complexity index is 693. The Labute approximate surface area is 141 Å². The first-order chi connectivity index (χ1) is 10.9. The molecule has 0 fully saturated rings. The van der Waals surface area contributed by atoms with Crippen molar-refractivity contribution in [3.63, 3.8) is 0 Å². The maximum atomic E-state index is 11.3. The van der Waals surface area contributed by atoms with Gasteiger partial charge in [0, 0.05) is 19.7 Å². The molecule has 124 valence electrons. The summed E-state index contributed by atoms with van der Waals surface area (Å²) in [6, 6.07) is 3.74. The summed E-state index contributed by atoms with van der Waals surface area (Å²) < 4.78 is 0. The Kier molecular flexibility index (Phi) is 5.71. The van der Waals surface area contributed by atoms with Gasteiger partial charge in [0.25, 0.3) is 0 Å². The number of halogens is 1. The smallest absolute Gasteiger partial charge is 0.226 e. The fraction of sp³-hybridized carbons (Fsp3) is 0.500. The zero-order valence-electron chi connectivity index (χ0n) is 13.7. The largest absolute Gasteiger partial charge is 0.362 e. The van der Waals surface area contributed by atoms with E-state index in [9.17, 15) is 4.79 Å². The number of aromatic nitrogens is 3. The summed E-state index contributed by atoms with van der Waals surface area (Å²) in [7, 11) is 0. The van der Waals surface area contributed by atoms with Crippen LogP contribution in [0.2, 0.25) is 5.28 Å². The third-order valence-electron chi connectivity index (χ3n) is 3.67. The molecule has 0 aromatic carbocycles. The monoisotopic (exact) mass is 335 g/mol. The fourth-order valence-electron chi connectivity index (χ4n) is 2.40. The van der Waals surface area contributed by atoms with E-state index in [1.54, 1.807) is 6.20 Å². The number of pyridine rings is 1. The normalized spacial score (nSPS) is 13.6. The van der Waals surface area contributed by atoms with Crippen LogP contribution in [-0.2, 0) is 4.79 Å². The summed E-state index contributed by atoms with van der Waals surface area (Å²) in [4.78, 5) is 24.0. The van der Waals surface area contributed by atoms with Gasteiger partial charge in [-0.3, -0.25) is 4.79 Å². The third kappa shape index (κ3) is 4.76. The molecule has 0 aliphatic carbocycles. The maximum Gasteiger partial charge on any atom is 0.226 e. The van der Waals surface area contributed by atoms with Crippen LogP contribution in [0.4, 0.5) is 5.82 Å². The van der Waals surface area contributed by atoms with Crippen molar-refractivity contribution < 1.29 is 4.79 Å². The molecule has 7 heteroatoms. The zero-order valence-corrected chi connectivity index (χ0v) is 14.4. The maximum absolute atomic E-state index is 11.3. The highest BCUT2D eigenvalue weighted by molar-refractivity contribution is 6.28. The molecule has 0 saturated heterocycles. The third-order valence-corrected chi connectivity index (χ3v) is 3.84. The Hall–Kier alpha value is -1.95. The van der Waals surface area contributed by atoms with Gasteiger partial charge in [-0.25, -0.2) is 9.97 Å². The van der Waals surface area contributed by atoms with Crippen LogP contribution < -0.4 is 10.6 Å². The molecule has 0 bridgehead atoms.